The highest BCUT2D eigenvalue weighted by molar-refractivity contribution is 5.86. The first kappa shape index (κ1) is 16.2. The van der Waals surface area contributed by atoms with E-state index in [9.17, 15) is 14.4 Å². The fourth-order valence-corrected chi connectivity index (χ4v) is 1.44. The zero-order chi connectivity index (χ0) is 15.8. The van der Waals surface area contributed by atoms with E-state index in [-0.39, 0.29) is 6.54 Å². The maximum absolute atomic E-state index is 11.5. The quantitative estimate of drug-likeness (QED) is 0.547. The second kappa shape index (κ2) is 7.68. The molecule has 0 fully saturated rings. The summed E-state index contributed by atoms with van der Waals surface area (Å²) in [6, 6.07) is 0.981. The number of nitrogens with one attached hydrogen (secondary N) is 2. The molecule has 0 aliphatic heterocycles. The number of hydrogen-bond donors (Lipinski definition) is 4. The molecule has 0 radical (unpaired) electrons. The molecule has 2 amide bonds. The summed E-state index contributed by atoms with van der Waals surface area (Å²) < 4.78 is 4.92. The van der Waals surface area contributed by atoms with Crippen LogP contribution in [0.4, 0.5) is 4.79 Å². The third kappa shape index (κ3) is 5.76. The first-order chi connectivity index (χ1) is 9.92. The Bertz CT molecular complexity index is 533. The highest BCUT2D eigenvalue weighted by Crippen LogP contribution is 2.07. The highest BCUT2D eigenvalue weighted by atomic mass is 16.5. The van der Waals surface area contributed by atoms with Gasteiger partial charge in [0, 0.05) is 18.8 Å². The summed E-state index contributed by atoms with van der Waals surface area (Å²) in [5.74, 6) is -2.36. The van der Waals surface area contributed by atoms with Gasteiger partial charge in [0.15, 0.2) is 0 Å². The van der Waals surface area contributed by atoms with E-state index >= 15 is 0 Å². The van der Waals surface area contributed by atoms with Gasteiger partial charge in [-0.3, -0.25) is 4.79 Å². The van der Waals surface area contributed by atoms with Crippen LogP contribution in [0.25, 0.3) is 0 Å². The van der Waals surface area contributed by atoms with Crippen LogP contribution in [0, 0.1) is 0 Å². The number of pyridine rings is 1. The van der Waals surface area contributed by atoms with E-state index in [1.54, 1.807) is 12.1 Å². The lowest BCUT2D eigenvalue weighted by Crippen LogP contribution is -2.46. The van der Waals surface area contributed by atoms with Gasteiger partial charge >= 0.3 is 18.0 Å². The Morgan fingerprint density at radius 3 is 2.67 bits per heavy atom. The molecule has 1 rings (SSSR count). The molecular weight excluding hydrogens is 282 g/mol. The lowest BCUT2D eigenvalue weighted by atomic mass is 10.2. The number of carboxylic acids is 2. The third-order valence-electron chi connectivity index (χ3n) is 2.44. The lowest BCUT2D eigenvalue weighted by Gasteiger charge is -2.13. The molecule has 9 heteroatoms. The Hall–Kier alpha value is -2.84. The summed E-state index contributed by atoms with van der Waals surface area (Å²) in [6.07, 6.45) is 0.796. The van der Waals surface area contributed by atoms with Crippen molar-refractivity contribution >= 4 is 18.0 Å². The van der Waals surface area contributed by atoms with Crippen molar-refractivity contribution < 1.29 is 29.3 Å². The van der Waals surface area contributed by atoms with Gasteiger partial charge in [0.2, 0.25) is 5.88 Å². The average molecular weight is 297 g/mol. The van der Waals surface area contributed by atoms with Crippen LogP contribution in [0.1, 0.15) is 12.0 Å². The molecule has 0 spiro atoms. The average Bonchev–Trinajstić information content (AvgIpc) is 2.44. The van der Waals surface area contributed by atoms with E-state index in [4.69, 9.17) is 14.9 Å². The maximum Gasteiger partial charge on any atom is 0.326 e. The van der Waals surface area contributed by atoms with Crippen molar-refractivity contribution in [1.29, 1.82) is 0 Å². The predicted octanol–water partition coefficient (Wildman–Crippen LogP) is -0.183. The monoisotopic (exact) mass is 297 g/mol. The summed E-state index contributed by atoms with van der Waals surface area (Å²) in [5, 5.41) is 21.8. The predicted molar refractivity (Wildman–Crippen MR) is 69.8 cm³/mol. The van der Waals surface area contributed by atoms with E-state index < -0.39 is 30.4 Å². The number of urea groups is 1. The van der Waals surface area contributed by atoms with Gasteiger partial charge in [-0.25, -0.2) is 14.6 Å². The van der Waals surface area contributed by atoms with Crippen LogP contribution in [0.2, 0.25) is 0 Å². The summed E-state index contributed by atoms with van der Waals surface area (Å²) in [4.78, 5) is 36.7. The van der Waals surface area contributed by atoms with Crippen molar-refractivity contribution in [3.8, 4) is 5.88 Å². The molecule has 1 aromatic rings. The van der Waals surface area contributed by atoms with Crippen LogP contribution >= 0.6 is 0 Å². The van der Waals surface area contributed by atoms with Gasteiger partial charge < -0.3 is 25.6 Å². The first-order valence-electron chi connectivity index (χ1n) is 5.90. The number of carbonyl (C=O) groups is 3. The summed E-state index contributed by atoms with van der Waals surface area (Å²) >= 11 is 0. The fourth-order valence-electron chi connectivity index (χ4n) is 1.44. The number of aliphatic carboxylic acids is 2. The molecular formula is C12H15N3O6. The van der Waals surface area contributed by atoms with Crippen LogP contribution < -0.4 is 15.4 Å². The lowest BCUT2D eigenvalue weighted by molar-refractivity contribution is -0.145. The Balaban J connectivity index is 2.52. The SMILES string of the molecule is COc1cc(CNC(=O)N[C@@H](CC(=O)O)C(=O)O)ccn1. The number of ether oxygens (including phenoxy) is 1. The number of hydrogen-bond acceptors (Lipinski definition) is 5. The molecule has 1 aromatic heterocycles. The number of carboxylic acid groups (broad SMARTS) is 2. The Morgan fingerprint density at radius 2 is 2.10 bits per heavy atom. The van der Waals surface area contributed by atoms with Crippen LogP contribution in [-0.2, 0) is 16.1 Å². The molecule has 0 aliphatic carbocycles. The van der Waals surface area contributed by atoms with Crippen LogP contribution in [0.15, 0.2) is 18.3 Å². The summed E-state index contributed by atoms with van der Waals surface area (Å²) in [5.41, 5.74) is 0.696. The van der Waals surface area contributed by atoms with Crippen LogP contribution in [-0.4, -0.2) is 46.3 Å². The molecule has 0 aromatic carbocycles. The minimum absolute atomic E-state index is 0.115. The fraction of sp³-hybridized carbons (Fsp3) is 0.333. The van der Waals surface area contributed by atoms with Crippen molar-refractivity contribution in [3.63, 3.8) is 0 Å². The zero-order valence-corrected chi connectivity index (χ0v) is 11.2. The summed E-state index contributed by atoms with van der Waals surface area (Å²) in [6.45, 7) is 0.115. The molecule has 0 aliphatic rings. The third-order valence-corrected chi connectivity index (χ3v) is 2.44. The maximum atomic E-state index is 11.5. The highest BCUT2D eigenvalue weighted by Gasteiger charge is 2.22. The molecule has 0 bridgehead atoms. The molecule has 1 atom stereocenters. The van der Waals surface area contributed by atoms with Gasteiger partial charge in [0.1, 0.15) is 6.04 Å². The van der Waals surface area contributed by atoms with E-state index in [1.807, 2.05) is 0 Å². The van der Waals surface area contributed by atoms with E-state index in [1.165, 1.54) is 13.3 Å². The Morgan fingerprint density at radius 1 is 1.38 bits per heavy atom. The number of amides is 2. The van der Waals surface area contributed by atoms with Crippen LogP contribution in [0.3, 0.4) is 0 Å². The van der Waals surface area contributed by atoms with Gasteiger partial charge in [-0.05, 0) is 11.6 Å². The molecule has 0 saturated heterocycles. The number of carbonyl (C=O) groups excluding carboxylic acids is 1. The van der Waals surface area contributed by atoms with Crippen molar-refractivity contribution in [1.82, 2.24) is 15.6 Å². The summed E-state index contributed by atoms with van der Waals surface area (Å²) in [7, 11) is 1.45. The number of aromatic nitrogens is 1. The van der Waals surface area contributed by atoms with Gasteiger partial charge in [-0.2, -0.15) is 0 Å². The second-order valence-electron chi connectivity index (χ2n) is 4.02. The van der Waals surface area contributed by atoms with Gasteiger partial charge in [0.05, 0.1) is 13.5 Å². The molecule has 9 nitrogen and oxygen atoms in total. The molecule has 114 valence electrons. The van der Waals surface area contributed by atoms with Gasteiger partial charge in [-0.1, -0.05) is 0 Å². The molecule has 1 heterocycles. The van der Waals surface area contributed by atoms with E-state index in [2.05, 4.69) is 15.6 Å². The van der Waals surface area contributed by atoms with E-state index in [0.717, 1.165) is 0 Å². The first-order valence-corrected chi connectivity index (χ1v) is 5.90. The van der Waals surface area contributed by atoms with Crippen molar-refractivity contribution in [2.45, 2.75) is 19.0 Å². The Labute approximate surface area is 119 Å². The van der Waals surface area contributed by atoms with Crippen molar-refractivity contribution in [2.24, 2.45) is 0 Å². The van der Waals surface area contributed by atoms with Gasteiger partial charge in [-0.15, -0.1) is 0 Å². The van der Waals surface area contributed by atoms with Gasteiger partial charge in [0.25, 0.3) is 0 Å². The Kier molecular flexibility index (Phi) is 5.93. The number of methoxy groups -OCH3 is 1. The molecule has 0 saturated carbocycles. The molecule has 4 N–H and O–H groups in total. The largest absolute Gasteiger partial charge is 0.481 e. The molecule has 0 unspecified atom stereocenters. The smallest absolute Gasteiger partial charge is 0.326 e. The standard InChI is InChI=1S/C12H15N3O6/c1-21-9-4-7(2-3-13-9)6-14-12(20)15-8(11(18)19)5-10(16)17/h2-4,8H,5-6H2,1H3,(H,16,17)(H,18,19)(H2,14,15,20)/t8-/m0/s1. The minimum Gasteiger partial charge on any atom is -0.481 e. The van der Waals surface area contributed by atoms with Crippen molar-refractivity contribution in [2.75, 3.05) is 7.11 Å². The minimum atomic E-state index is -1.49. The van der Waals surface area contributed by atoms with Crippen molar-refractivity contribution in [3.05, 3.63) is 23.9 Å². The van der Waals surface area contributed by atoms with E-state index in [0.29, 0.717) is 11.4 Å². The number of rotatable bonds is 7. The normalized spacial score (nSPS) is 11.3. The topological polar surface area (TPSA) is 138 Å². The van der Waals surface area contributed by atoms with Crippen LogP contribution in [0.5, 0.6) is 5.88 Å². The number of nitrogens with zero attached hydrogens (tertiary/aromatic N) is 1. The molecule has 21 heavy (non-hydrogen) atoms. The zero-order valence-electron chi connectivity index (χ0n) is 11.2. The second-order valence-corrected chi connectivity index (χ2v) is 4.02.